The zero-order chi connectivity index (χ0) is 30.6. The second-order valence-corrected chi connectivity index (χ2v) is 17.1. The Kier molecular flexibility index (Phi) is 8.08. The highest BCUT2D eigenvalue weighted by atomic mass is 32.2. The standard InChI is InChI=1S/C29H41N5O6S2/c1-28(2,3)40-27(37)33-15-7-8-17(16-33)31-24(35)23-22-21-20(13-14-30-25(21)41-23)34(26(36)32-22)18-9-11-19(12-10-18)42(38,39)29(4,5)6/h9-12,17,20-21,25,30H,7-8,13-16H2,1-6H3,(H,31,35)(H,32,36)/t17-,20?,21?,25?/m1/s1. The first-order valence-electron chi connectivity index (χ1n) is 14.4. The number of urea groups is 1. The predicted molar refractivity (Wildman–Crippen MR) is 162 cm³/mol. The second-order valence-electron chi connectivity index (χ2n) is 13.3. The van der Waals surface area contributed by atoms with Crippen molar-refractivity contribution in [2.24, 2.45) is 5.92 Å². The summed E-state index contributed by atoms with van der Waals surface area (Å²) in [6.45, 7) is 12.1. The number of piperidine rings is 2. The molecule has 3 unspecified atom stereocenters. The van der Waals surface area contributed by atoms with Crippen LogP contribution in [0.15, 0.2) is 39.8 Å². The zero-order valence-electron chi connectivity index (χ0n) is 25.0. The van der Waals surface area contributed by atoms with E-state index in [1.165, 1.54) is 11.8 Å². The van der Waals surface area contributed by atoms with Crippen LogP contribution in [0.1, 0.15) is 60.8 Å². The van der Waals surface area contributed by atoms with Crippen LogP contribution in [-0.2, 0) is 19.4 Å². The lowest BCUT2D eigenvalue weighted by atomic mass is 9.86. The third-order valence-electron chi connectivity index (χ3n) is 7.99. The highest BCUT2D eigenvalue weighted by molar-refractivity contribution is 8.04. The van der Waals surface area contributed by atoms with Crippen molar-refractivity contribution in [1.29, 1.82) is 0 Å². The Morgan fingerprint density at radius 3 is 2.40 bits per heavy atom. The lowest BCUT2D eigenvalue weighted by Crippen LogP contribution is -2.62. The number of benzene rings is 1. The molecule has 3 saturated heterocycles. The Hall–Kier alpha value is -2.77. The number of hydrogen-bond donors (Lipinski definition) is 3. The molecule has 13 heteroatoms. The van der Waals surface area contributed by atoms with Crippen molar-refractivity contribution in [2.75, 3.05) is 24.5 Å². The Balaban J connectivity index is 1.33. The molecule has 0 aromatic heterocycles. The number of amides is 4. The molecule has 4 amide bonds. The molecular formula is C29H41N5O6S2. The van der Waals surface area contributed by atoms with Crippen LogP contribution in [-0.4, -0.2) is 78.8 Å². The van der Waals surface area contributed by atoms with E-state index in [1.807, 2.05) is 20.8 Å². The number of rotatable bonds is 4. The molecule has 4 aliphatic heterocycles. The topological polar surface area (TPSA) is 137 Å². The predicted octanol–water partition coefficient (Wildman–Crippen LogP) is 3.57. The fourth-order valence-electron chi connectivity index (χ4n) is 5.90. The van der Waals surface area contributed by atoms with Crippen molar-refractivity contribution >= 4 is 45.3 Å². The summed E-state index contributed by atoms with van der Waals surface area (Å²) < 4.78 is 30.4. The number of sulfone groups is 1. The van der Waals surface area contributed by atoms with Crippen LogP contribution in [0.3, 0.4) is 0 Å². The molecule has 11 nitrogen and oxygen atoms in total. The van der Waals surface area contributed by atoms with Gasteiger partial charge in [0.2, 0.25) is 0 Å². The van der Waals surface area contributed by atoms with Crippen LogP contribution in [0.5, 0.6) is 0 Å². The van der Waals surface area contributed by atoms with Gasteiger partial charge < -0.3 is 25.6 Å². The third-order valence-corrected chi connectivity index (χ3v) is 11.8. The third kappa shape index (κ3) is 5.87. The van der Waals surface area contributed by atoms with E-state index in [1.54, 1.807) is 54.8 Å². The molecule has 5 rings (SSSR count). The van der Waals surface area contributed by atoms with E-state index in [9.17, 15) is 22.8 Å². The number of ether oxygens (including phenoxy) is 1. The molecule has 230 valence electrons. The number of hydrogen-bond acceptors (Lipinski definition) is 8. The molecule has 42 heavy (non-hydrogen) atoms. The first kappa shape index (κ1) is 30.7. The minimum absolute atomic E-state index is 0.0900. The van der Waals surface area contributed by atoms with Crippen molar-refractivity contribution in [3.05, 3.63) is 34.9 Å². The van der Waals surface area contributed by atoms with E-state index in [-0.39, 0.29) is 46.3 Å². The van der Waals surface area contributed by atoms with Crippen LogP contribution < -0.4 is 20.9 Å². The molecule has 0 saturated carbocycles. The van der Waals surface area contributed by atoms with Crippen LogP contribution in [0.2, 0.25) is 0 Å². The monoisotopic (exact) mass is 619 g/mol. The summed E-state index contributed by atoms with van der Waals surface area (Å²) in [7, 11) is -3.53. The molecule has 3 fully saturated rings. The molecule has 1 aromatic carbocycles. The number of carbonyl (C=O) groups is 3. The lowest BCUT2D eigenvalue weighted by molar-refractivity contribution is -0.118. The summed E-state index contributed by atoms with van der Waals surface area (Å²) >= 11 is 1.42. The Bertz CT molecular complexity index is 1400. The second kappa shape index (κ2) is 11.1. The van der Waals surface area contributed by atoms with Gasteiger partial charge in [-0.25, -0.2) is 18.0 Å². The zero-order valence-corrected chi connectivity index (χ0v) is 26.7. The van der Waals surface area contributed by atoms with E-state index < -0.39 is 20.2 Å². The van der Waals surface area contributed by atoms with Crippen LogP contribution in [0, 0.1) is 5.92 Å². The van der Waals surface area contributed by atoms with Crippen molar-refractivity contribution in [2.45, 2.75) is 93.5 Å². The van der Waals surface area contributed by atoms with Gasteiger partial charge in [0.1, 0.15) is 5.60 Å². The van der Waals surface area contributed by atoms with Gasteiger partial charge in [-0.05, 0) is 91.6 Å². The molecule has 0 radical (unpaired) electrons. The molecule has 4 aliphatic rings. The van der Waals surface area contributed by atoms with Crippen molar-refractivity contribution in [3.63, 3.8) is 0 Å². The highest BCUT2D eigenvalue weighted by Gasteiger charge is 2.52. The van der Waals surface area contributed by atoms with Gasteiger partial charge in [-0.1, -0.05) is 11.8 Å². The number of nitrogens with zero attached hydrogens (tertiary/aromatic N) is 2. The fraction of sp³-hybridized carbons (Fsp3) is 0.621. The first-order chi connectivity index (χ1) is 19.6. The van der Waals surface area contributed by atoms with Gasteiger partial charge >= 0.3 is 12.1 Å². The van der Waals surface area contributed by atoms with E-state index >= 15 is 0 Å². The maximum atomic E-state index is 13.6. The largest absolute Gasteiger partial charge is 0.444 e. The van der Waals surface area contributed by atoms with Gasteiger partial charge in [0, 0.05) is 36.4 Å². The Morgan fingerprint density at radius 2 is 1.76 bits per heavy atom. The molecular weight excluding hydrogens is 578 g/mol. The minimum atomic E-state index is -3.53. The van der Waals surface area contributed by atoms with Crippen molar-refractivity contribution < 1.29 is 27.5 Å². The maximum Gasteiger partial charge on any atom is 0.410 e. The molecule has 0 bridgehead atoms. The summed E-state index contributed by atoms with van der Waals surface area (Å²) in [5.41, 5.74) is 0.629. The van der Waals surface area contributed by atoms with Crippen LogP contribution in [0.25, 0.3) is 0 Å². The van der Waals surface area contributed by atoms with Crippen LogP contribution >= 0.6 is 11.8 Å². The SMILES string of the molecule is CC(C)(C)OC(=O)N1CCC[C@@H](NC(=O)C2=C3NC(=O)N(c4ccc(S(=O)(=O)C(C)(C)C)cc4)C4CCNC(S2)C34)C1. The molecule has 4 heterocycles. The van der Waals surface area contributed by atoms with Crippen LogP contribution in [0.4, 0.5) is 15.3 Å². The van der Waals surface area contributed by atoms with E-state index in [4.69, 9.17) is 4.74 Å². The maximum absolute atomic E-state index is 13.6. The molecule has 0 spiro atoms. The minimum Gasteiger partial charge on any atom is -0.444 e. The smallest absolute Gasteiger partial charge is 0.410 e. The quantitative estimate of drug-likeness (QED) is 0.465. The average Bonchev–Trinajstić information content (AvgIpc) is 3.27. The molecule has 3 N–H and O–H groups in total. The van der Waals surface area contributed by atoms with Crippen molar-refractivity contribution in [1.82, 2.24) is 20.9 Å². The number of nitrogens with one attached hydrogen (secondary N) is 3. The van der Waals surface area contributed by atoms with Crippen molar-refractivity contribution in [3.8, 4) is 0 Å². The van der Waals surface area contributed by atoms with E-state index in [0.717, 1.165) is 12.8 Å². The van der Waals surface area contributed by atoms with Gasteiger partial charge in [0.15, 0.2) is 9.84 Å². The number of anilines is 1. The number of carbonyl (C=O) groups excluding carboxylic acids is 3. The normalized spacial score (nSPS) is 26.5. The van der Waals surface area contributed by atoms with E-state index in [2.05, 4.69) is 16.0 Å². The van der Waals surface area contributed by atoms with Gasteiger partial charge in [-0.2, -0.15) is 0 Å². The number of thioether (sulfide) groups is 1. The van der Waals surface area contributed by atoms with Gasteiger partial charge in [0.05, 0.1) is 26.0 Å². The molecule has 0 aliphatic carbocycles. The summed E-state index contributed by atoms with van der Waals surface area (Å²) in [6.07, 6.45) is 1.79. The summed E-state index contributed by atoms with van der Waals surface area (Å²) in [4.78, 5) is 43.7. The molecule has 4 atom stereocenters. The average molecular weight is 620 g/mol. The summed E-state index contributed by atoms with van der Waals surface area (Å²) in [5.74, 6) is -0.392. The van der Waals surface area contributed by atoms with E-state index in [0.29, 0.717) is 42.3 Å². The van der Waals surface area contributed by atoms with Gasteiger partial charge in [-0.3, -0.25) is 9.69 Å². The fourth-order valence-corrected chi connectivity index (χ4v) is 8.50. The van der Waals surface area contributed by atoms with Gasteiger partial charge in [0.25, 0.3) is 5.91 Å². The Morgan fingerprint density at radius 1 is 1.07 bits per heavy atom. The summed E-state index contributed by atoms with van der Waals surface area (Å²) in [6, 6.07) is 5.70. The Labute approximate surface area is 252 Å². The molecule has 1 aromatic rings. The summed E-state index contributed by atoms with van der Waals surface area (Å²) in [5, 5.41) is 9.48. The van der Waals surface area contributed by atoms with Gasteiger partial charge in [-0.15, -0.1) is 0 Å². The highest BCUT2D eigenvalue weighted by Crippen LogP contribution is 2.48. The number of likely N-dealkylation sites (tertiary alicyclic amines) is 1. The lowest BCUT2D eigenvalue weighted by Gasteiger charge is -2.45. The first-order valence-corrected chi connectivity index (χ1v) is 16.8.